The van der Waals surface area contributed by atoms with Crippen LogP contribution in [-0.2, 0) is 11.2 Å². The number of ether oxygens (including phenoxy) is 1. The predicted octanol–water partition coefficient (Wildman–Crippen LogP) is 4.44. The molecule has 0 aliphatic rings. The Morgan fingerprint density at radius 2 is 1.85 bits per heavy atom. The molecule has 0 saturated heterocycles. The lowest BCUT2D eigenvalue weighted by atomic mass is 10.0. The molecule has 3 rings (SSSR count). The maximum Gasteiger partial charge on any atom is 0.360 e. The van der Waals surface area contributed by atoms with Gasteiger partial charge in [-0.05, 0) is 37.5 Å². The summed E-state index contributed by atoms with van der Waals surface area (Å²) in [5.74, 6) is -0.870. The van der Waals surface area contributed by atoms with Gasteiger partial charge in [-0.25, -0.2) is 14.8 Å². The van der Waals surface area contributed by atoms with Crippen molar-refractivity contribution in [2.24, 2.45) is 0 Å². The van der Waals surface area contributed by atoms with Crippen molar-refractivity contribution in [3.8, 4) is 17.0 Å². The minimum absolute atomic E-state index is 0.0904. The van der Waals surface area contributed by atoms with E-state index >= 15 is 0 Å². The third-order valence-electron chi connectivity index (χ3n) is 4.44. The lowest BCUT2D eigenvalue weighted by Gasteiger charge is -2.10. The van der Waals surface area contributed by atoms with Crippen LogP contribution >= 0.6 is 0 Å². The maximum atomic E-state index is 11.8. The number of carbonyl (C=O) groups excluding carboxylic acids is 1. The van der Waals surface area contributed by atoms with Gasteiger partial charge in [0.25, 0.3) is 0 Å². The molecule has 0 fully saturated rings. The van der Waals surface area contributed by atoms with Crippen LogP contribution in [0, 0.1) is 6.92 Å². The van der Waals surface area contributed by atoms with E-state index in [-0.39, 0.29) is 11.4 Å². The number of aromatic hydroxyl groups is 1. The van der Waals surface area contributed by atoms with E-state index < -0.39 is 5.97 Å². The van der Waals surface area contributed by atoms with Crippen LogP contribution < -0.4 is 0 Å². The summed E-state index contributed by atoms with van der Waals surface area (Å²) in [5.41, 5.74) is 4.17. The zero-order valence-corrected chi connectivity index (χ0v) is 15.2. The molecule has 26 heavy (non-hydrogen) atoms. The van der Waals surface area contributed by atoms with Gasteiger partial charge in [-0.2, -0.15) is 0 Å². The van der Waals surface area contributed by atoms with E-state index in [1.807, 2.05) is 6.07 Å². The van der Waals surface area contributed by atoms with Crippen LogP contribution in [-0.4, -0.2) is 28.2 Å². The van der Waals surface area contributed by atoms with Crippen molar-refractivity contribution in [3.05, 3.63) is 53.3 Å². The molecule has 0 aliphatic heterocycles. The number of methoxy groups -OCH3 is 1. The lowest BCUT2D eigenvalue weighted by Crippen LogP contribution is -2.07. The molecule has 0 aliphatic carbocycles. The van der Waals surface area contributed by atoms with Crippen LogP contribution in [0.3, 0.4) is 0 Å². The fourth-order valence-corrected chi connectivity index (χ4v) is 2.95. The Kier molecular flexibility index (Phi) is 5.16. The number of carbonyl (C=O) groups is 1. The van der Waals surface area contributed by atoms with Gasteiger partial charge in [0.1, 0.15) is 0 Å². The van der Waals surface area contributed by atoms with Crippen LogP contribution in [0.2, 0.25) is 0 Å². The number of hydrogen-bond donors (Lipinski definition) is 1. The molecule has 2 aromatic heterocycles. The Hall–Kier alpha value is -2.95. The Labute approximate surface area is 152 Å². The van der Waals surface area contributed by atoms with Gasteiger partial charge in [-0.1, -0.05) is 37.6 Å². The van der Waals surface area contributed by atoms with E-state index in [1.165, 1.54) is 25.5 Å². The van der Waals surface area contributed by atoms with E-state index in [0.717, 1.165) is 17.7 Å². The van der Waals surface area contributed by atoms with Gasteiger partial charge < -0.3 is 9.84 Å². The molecule has 0 unspecified atom stereocenters. The van der Waals surface area contributed by atoms with E-state index in [9.17, 15) is 9.90 Å². The first-order valence-corrected chi connectivity index (χ1v) is 8.73. The number of benzene rings is 1. The van der Waals surface area contributed by atoms with Gasteiger partial charge in [0.15, 0.2) is 11.4 Å². The fraction of sp³-hybridized carbons (Fsp3) is 0.286. The summed E-state index contributed by atoms with van der Waals surface area (Å²) in [6.45, 7) is 3.95. The highest BCUT2D eigenvalue weighted by atomic mass is 16.5. The van der Waals surface area contributed by atoms with Crippen molar-refractivity contribution in [2.75, 3.05) is 7.11 Å². The molecule has 5 heteroatoms. The second-order valence-corrected chi connectivity index (χ2v) is 6.28. The topological polar surface area (TPSA) is 72.3 Å². The number of nitrogens with zero attached hydrogens (tertiary/aromatic N) is 2. The smallest absolute Gasteiger partial charge is 0.360 e. The normalized spacial score (nSPS) is 10.9. The average molecular weight is 350 g/mol. The highest BCUT2D eigenvalue weighted by Gasteiger charge is 2.19. The van der Waals surface area contributed by atoms with Crippen LogP contribution in [0.25, 0.3) is 22.2 Å². The molecule has 2 heterocycles. The molecular formula is C21H22N2O3. The van der Waals surface area contributed by atoms with Crippen molar-refractivity contribution in [1.82, 2.24) is 9.97 Å². The number of aryl methyl sites for hydroxylation is 2. The summed E-state index contributed by atoms with van der Waals surface area (Å²) < 4.78 is 4.67. The largest absolute Gasteiger partial charge is 0.505 e. The average Bonchev–Trinajstić information content (AvgIpc) is 2.68. The van der Waals surface area contributed by atoms with Gasteiger partial charge in [0.2, 0.25) is 0 Å². The number of hydrogen-bond acceptors (Lipinski definition) is 5. The molecule has 3 aromatic rings. The Morgan fingerprint density at radius 3 is 2.50 bits per heavy atom. The van der Waals surface area contributed by atoms with Crippen LogP contribution in [0.15, 0.2) is 36.4 Å². The monoisotopic (exact) mass is 350 g/mol. The van der Waals surface area contributed by atoms with Crippen LogP contribution in [0.4, 0.5) is 0 Å². The summed E-state index contributed by atoms with van der Waals surface area (Å²) >= 11 is 0. The molecule has 0 amide bonds. The number of pyridine rings is 2. The molecule has 0 spiro atoms. The highest BCUT2D eigenvalue weighted by Crippen LogP contribution is 2.31. The third kappa shape index (κ3) is 3.38. The van der Waals surface area contributed by atoms with E-state index in [2.05, 4.69) is 45.9 Å². The SMILES string of the molecule is CCCCc1ccc(-c2ccc3c(O)c(C(=O)OC)nc(C)c3n2)cc1. The standard InChI is InChI=1S/C21H22N2O3/c1-4-5-6-14-7-9-15(10-8-14)17-12-11-16-18(23-17)13(2)22-19(20(16)24)21(25)26-3/h7-12,24H,4-6H2,1-3H3. The Balaban J connectivity index is 2.02. The number of esters is 1. The summed E-state index contributed by atoms with van der Waals surface area (Å²) in [5, 5.41) is 10.8. The second kappa shape index (κ2) is 7.52. The van der Waals surface area contributed by atoms with Crippen molar-refractivity contribution < 1.29 is 14.6 Å². The minimum Gasteiger partial charge on any atom is -0.505 e. The van der Waals surface area contributed by atoms with E-state index in [0.29, 0.717) is 16.6 Å². The molecule has 0 bridgehead atoms. The number of rotatable bonds is 5. The molecule has 5 nitrogen and oxygen atoms in total. The maximum absolute atomic E-state index is 11.8. The van der Waals surface area contributed by atoms with E-state index in [4.69, 9.17) is 0 Å². The van der Waals surface area contributed by atoms with Gasteiger partial charge in [-0.15, -0.1) is 0 Å². The van der Waals surface area contributed by atoms with Crippen molar-refractivity contribution in [2.45, 2.75) is 33.1 Å². The third-order valence-corrected chi connectivity index (χ3v) is 4.44. The first-order valence-electron chi connectivity index (χ1n) is 8.73. The second-order valence-electron chi connectivity index (χ2n) is 6.28. The zero-order valence-electron chi connectivity index (χ0n) is 15.2. The lowest BCUT2D eigenvalue weighted by molar-refractivity contribution is 0.0590. The predicted molar refractivity (Wildman–Crippen MR) is 101 cm³/mol. The minimum atomic E-state index is -0.667. The number of fused-ring (bicyclic) bond motifs is 1. The van der Waals surface area contributed by atoms with Gasteiger partial charge >= 0.3 is 5.97 Å². The molecule has 0 atom stereocenters. The van der Waals surface area contributed by atoms with Crippen LogP contribution in [0.5, 0.6) is 5.75 Å². The van der Waals surface area contributed by atoms with Crippen molar-refractivity contribution in [1.29, 1.82) is 0 Å². The Morgan fingerprint density at radius 1 is 1.12 bits per heavy atom. The number of unbranched alkanes of at least 4 members (excludes halogenated alkanes) is 1. The van der Waals surface area contributed by atoms with Crippen molar-refractivity contribution in [3.63, 3.8) is 0 Å². The fourth-order valence-electron chi connectivity index (χ4n) is 2.95. The Bertz CT molecular complexity index is 950. The molecule has 0 radical (unpaired) electrons. The first kappa shape index (κ1) is 17.9. The van der Waals surface area contributed by atoms with Gasteiger partial charge in [0.05, 0.1) is 24.0 Å². The summed E-state index contributed by atoms with van der Waals surface area (Å²) in [6, 6.07) is 12.0. The number of aromatic nitrogens is 2. The summed E-state index contributed by atoms with van der Waals surface area (Å²) in [7, 11) is 1.26. The quantitative estimate of drug-likeness (QED) is 0.689. The zero-order chi connectivity index (χ0) is 18.7. The van der Waals surface area contributed by atoms with Crippen molar-refractivity contribution >= 4 is 16.9 Å². The van der Waals surface area contributed by atoms with Gasteiger partial charge in [-0.3, -0.25) is 0 Å². The van der Waals surface area contributed by atoms with Gasteiger partial charge in [0, 0.05) is 10.9 Å². The summed E-state index contributed by atoms with van der Waals surface area (Å²) in [4.78, 5) is 20.6. The van der Waals surface area contributed by atoms with Crippen LogP contribution in [0.1, 0.15) is 41.5 Å². The van der Waals surface area contributed by atoms with E-state index in [1.54, 1.807) is 13.0 Å². The molecule has 1 aromatic carbocycles. The molecule has 0 saturated carbocycles. The molecule has 134 valence electrons. The molecular weight excluding hydrogens is 328 g/mol. The molecule has 1 N–H and O–H groups in total. The summed E-state index contributed by atoms with van der Waals surface area (Å²) in [6.07, 6.45) is 3.44. The first-order chi connectivity index (χ1) is 12.5. The highest BCUT2D eigenvalue weighted by molar-refractivity contribution is 5.99.